The van der Waals surface area contributed by atoms with Gasteiger partial charge in [0.15, 0.2) is 0 Å². The van der Waals surface area contributed by atoms with Crippen LogP contribution in [0.5, 0.6) is 0 Å². The van der Waals surface area contributed by atoms with Crippen LogP contribution >= 0.6 is 0 Å². The molecule has 0 aromatic heterocycles. The molecule has 1 saturated heterocycles. The van der Waals surface area contributed by atoms with E-state index in [-0.39, 0.29) is 5.97 Å². The van der Waals surface area contributed by atoms with Gasteiger partial charge in [-0.1, -0.05) is 202 Å². The maximum atomic E-state index is 14.1. The van der Waals surface area contributed by atoms with Crippen molar-refractivity contribution in [2.75, 3.05) is 72.1 Å². The molecule has 0 unspecified atom stereocenters. The fourth-order valence-corrected chi connectivity index (χ4v) is 9.33. The molecular formula is C54H108N4O3. The number of rotatable bonds is 46. The van der Waals surface area contributed by atoms with Crippen LogP contribution in [0.4, 0.5) is 0 Å². The van der Waals surface area contributed by atoms with Crippen molar-refractivity contribution in [1.82, 2.24) is 19.6 Å². The number of carbonyl (C=O) groups is 2. The molecule has 0 atom stereocenters. The van der Waals surface area contributed by atoms with Crippen LogP contribution in [0.15, 0.2) is 0 Å². The molecule has 1 rings (SSSR count). The summed E-state index contributed by atoms with van der Waals surface area (Å²) in [5, 5.41) is 0. The molecule has 0 aromatic rings. The molecule has 1 fully saturated rings. The number of unbranched alkanes of at least 4 members (excludes halogenated alkanes) is 26. The molecule has 7 heteroatoms. The van der Waals surface area contributed by atoms with Crippen molar-refractivity contribution in [2.45, 2.75) is 265 Å². The monoisotopic (exact) mass is 861 g/mol. The zero-order valence-corrected chi connectivity index (χ0v) is 42.1. The van der Waals surface area contributed by atoms with E-state index in [1.165, 1.54) is 193 Å². The number of ether oxygens (including phenoxy) is 1. The number of piperidine rings is 1. The minimum Gasteiger partial charge on any atom is -0.466 e. The highest BCUT2D eigenvalue weighted by Gasteiger charge is 2.27. The van der Waals surface area contributed by atoms with E-state index in [0.29, 0.717) is 31.5 Å². The summed E-state index contributed by atoms with van der Waals surface area (Å²) >= 11 is 0. The van der Waals surface area contributed by atoms with Crippen LogP contribution in [0.1, 0.15) is 259 Å². The molecule has 61 heavy (non-hydrogen) atoms. The topological polar surface area (TPSA) is 56.3 Å². The second-order valence-electron chi connectivity index (χ2n) is 19.3. The highest BCUT2D eigenvalue weighted by atomic mass is 16.5. The largest absolute Gasteiger partial charge is 0.466 e. The van der Waals surface area contributed by atoms with Gasteiger partial charge in [-0.25, -0.2) is 0 Å². The molecule has 1 amide bonds. The fraction of sp³-hybridized carbons (Fsp3) is 0.963. The van der Waals surface area contributed by atoms with Gasteiger partial charge in [0.2, 0.25) is 5.91 Å². The molecule has 0 aliphatic carbocycles. The number of carbonyl (C=O) groups excluding carboxylic acids is 2. The van der Waals surface area contributed by atoms with Crippen LogP contribution < -0.4 is 0 Å². The summed E-state index contributed by atoms with van der Waals surface area (Å²) in [6.45, 7) is 21.9. The molecule has 0 bridgehead atoms. The summed E-state index contributed by atoms with van der Waals surface area (Å²) in [4.78, 5) is 36.5. The predicted molar refractivity (Wildman–Crippen MR) is 266 cm³/mol. The third-order valence-corrected chi connectivity index (χ3v) is 13.5. The van der Waals surface area contributed by atoms with Crippen LogP contribution in [0.25, 0.3) is 0 Å². The van der Waals surface area contributed by atoms with Gasteiger partial charge in [-0.15, -0.1) is 0 Å². The van der Waals surface area contributed by atoms with E-state index in [0.717, 1.165) is 84.3 Å². The third kappa shape index (κ3) is 34.8. The van der Waals surface area contributed by atoms with Crippen molar-refractivity contribution < 1.29 is 14.3 Å². The zero-order chi connectivity index (χ0) is 44.3. The lowest BCUT2D eigenvalue weighted by atomic mass is 10.0. The number of hydrogen-bond donors (Lipinski definition) is 0. The molecule has 0 radical (unpaired) electrons. The first kappa shape index (κ1) is 57.8. The molecule has 0 saturated carbocycles. The number of amides is 1. The Morgan fingerprint density at radius 3 is 1.25 bits per heavy atom. The summed E-state index contributed by atoms with van der Waals surface area (Å²) in [6, 6.07) is 0.514. The lowest BCUT2D eigenvalue weighted by molar-refractivity contribution is -0.144. The van der Waals surface area contributed by atoms with E-state index in [9.17, 15) is 9.59 Å². The van der Waals surface area contributed by atoms with Crippen molar-refractivity contribution in [3.8, 4) is 0 Å². The van der Waals surface area contributed by atoms with Gasteiger partial charge >= 0.3 is 5.97 Å². The van der Waals surface area contributed by atoms with E-state index in [4.69, 9.17) is 4.74 Å². The van der Waals surface area contributed by atoms with Crippen molar-refractivity contribution in [3.63, 3.8) is 0 Å². The van der Waals surface area contributed by atoms with E-state index in [1.807, 2.05) is 0 Å². The first-order valence-corrected chi connectivity index (χ1v) is 27.6. The van der Waals surface area contributed by atoms with E-state index in [2.05, 4.69) is 54.2 Å². The highest BCUT2D eigenvalue weighted by Crippen LogP contribution is 2.20. The molecular weight excluding hydrogens is 753 g/mol. The Morgan fingerprint density at radius 2 is 0.787 bits per heavy atom. The summed E-state index contributed by atoms with van der Waals surface area (Å²) in [5.74, 6) is 0.315. The van der Waals surface area contributed by atoms with Crippen LogP contribution in [0, 0.1) is 0 Å². The first-order valence-electron chi connectivity index (χ1n) is 27.6. The molecule has 362 valence electrons. The summed E-state index contributed by atoms with van der Waals surface area (Å²) in [6.07, 6.45) is 44.3. The number of nitrogens with zero attached hydrogens (tertiary/aromatic N) is 4. The van der Waals surface area contributed by atoms with E-state index >= 15 is 0 Å². The van der Waals surface area contributed by atoms with Crippen molar-refractivity contribution in [3.05, 3.63) is 0 Å². The molecule has 0 spiro atoms. The highest BCUT2D eigenvalue weighted by molar-refractivity contribution is 5.78. The SMILES string of the molecule is CCCCCCCCCN(CCCCCCCCC)CCN(CCCCCCCCC)CC(=O)N1CCC(N(CCCCCCCCC)CCCOC(=O)CCCCC)CC1. The first-order chi connectivity index (χ1) is 30.0. The van der Waals surface area contributed by atoms with E-state index in [1.54, 1.807) is 0 Å². The van der Waals surface area contributed by atoms with Gasteiger partial charge in [-0.3, -0.25) is 14.5 Å². The number of esters is 1. The van der Waals surface area contributed by atoms with Gasteiger partial charge in [0.05, 0.1) is 13.2 Å². The summed E-state index contributed by atoms with van der Waals surface area (Å²) in [7, 11) is 0. The lowest BCUT2D eigenvalue weighted by Crippen LogP contribution is -2.50. The molecule has 0 N–H and O–H groups in total. The Labute approximate surface area is 382 Å². The molecule has 7 nitrogen and oxygen atoms in total. The molecule has 0 aromatic carbocycles. The Bertz CT molecular complexity index is 923. The Hall–Kier alpha value is -1.18. The van der Waals surface area contributed by atoms with Crippen molar-refractivity contribution in [1.29, 1.82) is 0 Å². The second kappa shape index (κ2) is 44.0. The van der Waals surface area contributed by atoms with Gasteiger partial charge in [0.25, 0.3) is 0 Å². The second-order valence-corrected chi connectivity index (χ2v) is 19.3. The quantitative estimate of drug-likeness (QED) is 0.0449. The lowest BCUT2D eigenvalue weighted by Gasteiger charge is -2.39. The van der Waals surface area contributed by atoms with Gasteiger partial charge in [0, 0.05) is 45.2 Å². The Balaban J connectivity index is 2.82. The van der Waals surface area contributed by atoms with Gasteiger partial charge in [0.1, 0.15) is 0 Å². The van der Waals surface area contributed by atoms with Gasteiger partial charge < -0.3 is 19.4 Å². The standard InChI is InChI=1S/C54H108N4O3/c1-6-11-16-20-24-28-33-41-55(42-34-29-25-21-17-12-7-2)48-49-56(43-35-30-26-22-18-13-8-3)51-53(59)58-46-39-52(40-47-58)57(44-36-31-27-23-19-14-9-4)45-37-50-61-54(60)38-32-15-10-5/h52H,6-51H2,1-5H3. The van der Waals surface area contributed by atoms with Gasteiger partial charge in [-0.05, 0) is 77.5 Å². The molecule has 1 aliphatic rings. The van der Waals surface area contributed by atoms with E-state index < -0.39 is 0 Å². The predicted octanol–water partition coefficient (Wildman–Crippen LogP) is 14.4. The third-order valence-electron chi connectivity index (χ3n) is 13.5. The number of likely N-dealkylation sites (tertiary alicyclic amines) is 1. The maximum absolute atomic E-state index is 14.1. The fourth-order valence-electron chi connectivity index (χ4n) is 9.33. The van der Waals surface area contributed by atoms with Crippen LogP contribution in [-0.4, -0.2) is 110 Å². The maximum Gasteiger partial charge on any atom is 0.305 e. The minimum absolute atomic E-state index is 0.0334. The number of hydrogen-bond acceptors (Lipinski definition) is 6. The van der Waals surface area contributed by atoms with Crippen molar-refractivity contribution in [2.24, 2.45) is 0 Å². The van der Waals surface area contributed by atoms with Crippen molar-refractivity contribution >= 4 is 11.9 Å². The molecule has 1 aliphatic heterocycles. The average molecular weight is 861 g/mol. The zero-order valence-electron chi connectivity index (χ0n) is 42.1. The average Bonchev–Trinajstić information content (AvgIpc) is 3.27. The normalized spacial score (nSPS) is 13.7. The van der Waals surface area contributed by atoms with Crippen LogP contribution in [-0.2, 0) is 14.3 Å². The minimum atomic E-state index is -0.0334. The smallest absolute Gasteiger partial charge is 0.305 e. The Kier molecular flexibility index (Phi) is 41.8. The van der Waals surface area contributed by atoms with Crippen LogP contribution in [0.3, 0.4) is 0 Å². The Morgan fingerprint density at radius 1 is 0.426 bits per heavy atom. The molecule has 1 heterocycles. The summed E-state index contributed by atoms with van der Waals surface area (Å²) in [5.41, 5.74) is 0. The van der Waals surface area contributed by atoms with Crippen LogP contribution in [0.2, 0.25) is 0 Å². The summed E-state index contributed by atoms with van der Waals surface area (Å²) < 4.78 is 5.64. The van der Waals surface area contributed by atoms with Gasteiger partial charge in [-0.2, -0.15) is 0 Å².